The summed E-state index contributed by atoms with van der Waals surface area (Å²) in [6.45, 7) is 6.06. The zero-order valence-electron chi connectivity index (χ0n) is 17.9. The Morgan fingerprint density at radius 3 is 2.69 bits per heavy atom. The van der Waals surface area contributed by atoms with Crippen molar-refractivity contribution in [2.45, 2.75) is 12.6 Å². The molecular weight excluding hydrogens is 407 g/mol. The SMILES string of the molecule is C=Cc1[nH]c2ccc(-c3ccc4ccc5c(c4n3)PC(c3ccccc3)C=C5)cc2c1C. The molecule has 2 atom stereocenters. The molecule has 5 aromatic rings. The van der Waals surface area contributed by atoms with Gasteiger partial charge in [0.1, 0.15) is 0 Å². The number of hydrogen-bond donors (Lipinski definition) is 1. The number of fused-ring (bicyclic) bond motifs is 4. The minimum absolute atomic E-state index is 0.413. The first kappa shape index (κ1) is 19.2. The Bertz CT molecular complexity index is 1530. The van der Waals surface area contributed by atoms with Gasteiger partial charge in [0, 0.05) is 38.5 Å². The van der Waals surface area contributed by atoms with Crippen molar-refractivity contribution in [1.29, 1.82) is 0 Å². The highest BCUT2D eigenvalue weighted by atomic mass is 31.1. The molecule has 0 aliphatic carbocycles. The number of nitrogens with zero attached hydrogens (tertiary/aromatic N) is 1. The lowest BCUT2D eigenvalue weighted by atomic mass is 10.0. The number of rotatable bonds is 3. The van der Waals surface area contributed by atoms with Crippen LogP contribution in [-0.4, -0.2) is 9.97 Å². The normalized spacial score (nSPS) is 16.0. The summed E-state index contributed by atoms with van der Waals surface area (Å²) in [5.74, 6) is 0. The molecule has 0 bridgehead atoms. The minimum Gasteiger partial charge on any atom is -0.355 e. The summed E-state index contributed by atoms with van der Waals surface area (Å²) in [5.41, 5.74) is 9.81. The van der Waals surface area contributed by atoms with Gasteiger partial charge in [0.05, 0.1) is 11.2 Å². The number of aromatic nitrogens is 2. The molecule has 0 fully saturated rings. The lowest BCUT2D eigenvalue weighted by Crippen LogP contribution is -2.10. The lowest BCUT2D eigenvalue weighted by Gasteiger charge is -2.21. The molecule has 2 unspecified atom stereocenters. The largest absolute Gasteiger partial charge is 0.355 e. The molecule has 0 saturated carbocycles. The fourth-order valence-corrected chi connectivity index (χ4v) is 6.16. The van der Waals surface area contributed by atoms with E-state index in [1.807, 2.05) is 6.08 Å². The van der Waals surface area contributed by atoms with E-state index < -0.39 is 0 Å². The third-order valence-corrected chi connectivity index (χ3v) is 8.07. The van der Waals surface area contributed by atoms with Crippen LogP contribution >= 0.6 is 8.58 Å². The first-order chi connectivity index (χ1) is 15.7. The summed E-state index contributed by atoms with van der Waals surface area (Å²) in [4.78, 5) is 8.63. The first-order valence-electron chi connectivity index (χ1n) is 10.9. The Labute approximate surface area is 189 Å². The van der Waals surface area contributed by atoms with E-state index in [9.17, 15) is 0 Å². The number of nitrogens with one attached hydrogen (secondary N) is 1. The van der Waals surface area contributed by atoms with E-state index in [-0.39, 0.29) is 0 Å². The van der Waals surface area contributed by atoms with Gasteiger partial charge in [-0.3, -0.25) is 0 Å². The highest BCUT2D eigenvalue weighted by Crippen LogP contribution is 2.41. The second-order valence-electron chi connectivity index (χ2n) is 8.32. The van der Waals surface area contributed by atoms with E-state index in [0.29, 0.717) is 14.2 Å². The molecule has 0 saturated heterocycles. The van der Waals surface area contributed by atoms with Crippen LogP contribution < -0.4 is 5.30 Å². The molecule has 1 N–H and O–H groups in total. The maximum absolute atomic E-state index is 5.19. The van der Waals surface area contributed by atoms with Gasteiger partial charge in [-0.05, 0) is 47.9 Å². The smallest absolute Gasteiger partial charge is 0.0789 e. The highest BCUT2D eigenvalue weighted by molar-refractivity contribution is 7.49. The van der Waals surface area contributed by atoms with Crippen LogP contribution in [0.2, 0.25) is 0 Å². The highest BCUT2D eigenvalue weighted by Gasteiger charge is 2.19. The van der Waals surface area contributed by atoms with Crippen LogP contribution in [0.25, 0.3) is 45.2 Å². The van der Waals surface area contributed by atoms with Crippen LogP contribution in [-0.2, 0) is 0 Å². The molecule has 154 valence electrons. The molecule has 1 aliphatic heterocycles. The standard InChI is InChI=1S/C29H23N2P/c1-3-24-18(2)23-17-22(12-15-26(23)30-24)25-14-11-20-9-10-21-13-16-27(19-7-5-4-6-8-19)32-29(21)28(20)31-25/h3-17,27,30,32H,1H2,2H3. The molecule has 3 aromatic carbocycles. The van der Waals surface area contributed by atoms with Crippen molar-refractivity contribution in [3.63, 3.8) is 0 Å². The second kappa shape index (κ2) is 7.58. The van der Waals surface area contributed by atoms with E-state index >= 15 is 0 Å². The van der Waals surface area contributed by atoms with E-state index in [0.717, 1.165) is 28.0 Å². The maximum Gasteiger partial charge on any atom is 0.0789 e. The average molecular weight is 430 g/mol. The van der Waals surface area contributed by atoms with E-state index in [1.165, 1.54) is 32.8 Å². The number of H-pyrrole nitrogens is 1. The van der Waals surface area contributed by atoms with Crippen LogP contribution in [0.15, 0.2) is 85.5 Å². The number of allylic oxidation sites excluding steroid dienone is 1. The van der Waals surface area contributed by atoms with Gasteiger partial charge in [0.25, 0.3) is 0 Å². The summed E-state index contributed by atoms with van der Waals surface area (Å²) < 4.78 is 0. The van der Waals surface area contributed by atoms with Crippen molar-refractivity contribution in [1.82, 2.24) is 9.97 Å². The molecule has 0 radical (unpaired) electrons. The second-order valence-corrected chi connectivity index (χ2v) is 9.73. The van der Waals surface area contributed by atoms with Crippen molar-refractivity contribution in [3.8, 4) is 11.3 Å². The first-order valence-corrected chi connectivity index (χ1v) is 12.0. The zero-order chi connectivity index (χ0) is 21.7. The molecule has 2 aromatic heterocycles. The summed E-state index contributed by atoms with van der Waals surface area (Å²) in [7, 11) is 0.670. The Morgan fingerprint density at radius 2 is 1.84 bits per heavy atom. The number of aryl methyl sites for hydroxylation is 1. The summed E-state index contributed by atoms with van der Waals surface area (Å²) >= 11 is 0. The summed E-state index contributed by atoms with van der Waals surface area (Å²) in [5, 5.41) is 3.80. The maximum atomic E-state index is 5.19. The number of benzene rings is 3. The van der Waals surface area contributed by atoms with Gasteiger partial charge < -0.3 is 4.98 Å². The molecule has 0 spiro atoms. The fraction of sp³-hybridized carbons (Fsp3) is 0.0690. The molecule has 3 heteroatoms. The van der Waals surface area contributed by atoms with Crippen molar-refractivity contribution in [3.05, 3.63) is 108 Å². The van der Waals surface area contributed by atoms with E-state index in [2.05, 4.69) is 103 Å². The molecule has 1 aliphatic rings. The quantitative estimate of drug-likeness (QED) is 0.297. The van der Waals surface area contributed by atoms with Crippen LogP contribution in [0.1, 0.15) is 28.0 Å². The molecule has 6 rings (SSSR count). The summed E-state index contributed by atoms with van der Waals surface area (Å²) in [6, 6.07) is 26.1. The molecular formula is C29H23N2P. The zero-order valence-corrected chi connectivity index (χ0v) is 18.9. The van der Waals surface area contributed by atoms with Crippen molar-refractivity contribution in [2.75, 3.05) is 0 Å². The van der Waals surface area contributed by atoms with Crippen LogP contribution in [0.4, 0.5) is 0 Å². The van der Waals surface area contributed by atoms with E-state index in [4.69, 9.17) is 4.98 Å². The number of aromatic amines is 1. The summed E-state index contributed by atoms with van der Waals surface area (Å²) in [6.07, 6.45) is 6.49. The van der Waals surface area contributed by atoms with Crippen LogP contribution in [0.3, 0.4) is 0 Å². The molecule has 3 heterocycles. The molecule has 32 heavy (non-hydrogen) atoms. The molecule has 0 amide bonds. The van der Waals surface area contributed by atoms with Gasteiger partial charge in [-0.15, -0.1) is 0 Å². The number of hydrogen-bond acceptors (Lipinski definition) is 1. The monoisotopic (exact) mass is 430 g/mol. The Morgan fingerprint density at radius 1 is 1.00 bits per heavy atom. The fourth-order valence-electron chi connectivity index (χ4n) is 4.62. The Kier molecular flexibility index (Phi) is 4.56. The minimum atomic E-state index is 0.413. The third-order valence-electron chi connectivity index (χ3n) is 6.42. The van der Waals surface area contributed by atoms with Gasteiger partial charge in [-0.25, -0.2) is 4.98 Å². The van der Waals surface area contributed by atoms with Crippen molar-refractivity contribution < 1.29 is 0 Å². The van der Waals surface area contributed by atoms with Gasteiger partial charge in [-0.2, -0.15) is 0 Å². The van der Waals surface area contributed by atoms with Gasteiger partial charge >= 0.3 is 0 Å². The van der Waals surface area contributed by atoms with Gasteiger partial charge in [0.2, 0.25) is 0 Å². The topological polar surface area (TPSA) is 28.7 Å². The predicted octanol–water partition coefficient (Wildman–Crippen LogP) is 7.41. The number of pyridine rings is 1. The van der Waals surface area contributed by atoms with Crippen LogP contribution in [0, 0.1) is 6.92 Å². The van der Waals surface area contributed by atoms with Crippen molar-refractivity contribution >= 4 is 47.8 Å². The lowest BCUT2D eigenvalue weighted by molar-refractivity contribution is 1.23. The Balaban J connectivity index is 1.47. The van der Waals surface area contributed by atoms with Crippen molar-refractivity contribution in [2.24, 2.45) is 0 Å². The molecule has 2 nitrogen and oxygen atoms in total. The Hall–Kier alpha value is -3.48. The van der Waals surface area contributed by atoms with Crippen LogP contribution in [0.5, 0.6) is 0 Å². The van der Waals surface area contributed by atoms with E-state index in [1.54, 1.807) is 0 Å². The average Bonchev–Trinajstić information content (AvgIpc) is 3.18. The van der Waals surface area contributed by atoms with Gasteiger partial charge in [-0.1, -0.05) is 81.9 Å². The predicted molar refractivity (Wildman–Crippen MR) is 140 cm³/mol. The third kappa shape index (κ3) is 3.11. The van der Waals surface area contributed by atoms with Gasteiger partial charge in [0.15, 0.2) is 0 Å².